The number of thiazole rings is 1. The van der Waals surface area contributed by atoms with Crippen molar-refractivity contribution in [1.82, 2.24) is 15.2 Å². The number of nitrogens with zero attached hydrogens (tertiary/aromatic N) is 3. The summed E-state index contributed by atoms with van der Waals surface area (Å²) in [6.45, 7) is 3.53. The maximum Gasteiger partial charge on any atom is 0.264 e. The van der Waals surface area contributed by atoms with E-state index >= 15 is 0 Å². The van der Waals surface area contributed by atoms with Crippen molar-refractivity contribution in [3.63, 3.8) is 0 Å². The summed E-state index contributed by atoms with van der Waals surface area (Å²) in [5.74, 6) is 0.965. The molecule has 1 N–H and O–H groups in total. The Morgan fingerprint density at radius 3 is 2.86 bits per heavy atom. The first kappa shape index (κ1) is 16.8. The van der Waals surface area contributed by atoms with Crippen molar-refractivity contribution >= 4 is 22.4 Å². The molecule has 5 heterocycles. The first-order chi connectivity index (χ1) is 13.8. The minimum absolute atomic E-state index is 0.110. The number of hydrogen-bond acceptors (Lipinski definition) is 6. The third kappa shape index (κ3) is 2.63. The summed E-state index contributed by atoms with van der Waals surface area (Å²) >= 11 is 1.79. The van der Waals surface area contributed by atoms with E-state index in [0.717, 1.165) is 42.5 Å². The number of carbonyl (C=O) groups excluding carboxylic acids is 1. The largest absolute Gasteiger partial charge is 0.480 e. The molecule has 7 heteroatoms. The van der Waals surface area contributed by atoms with E-state index in [9.17, 15) is 4.79 Å². The number of rotatable bonds is 2. The lowest BCUT2D eigenvalue weighted by Crippen LogP contribution is -2.51. The fourth-order valence-corrected chi connectivity index (χ4v) is 6.36. The second-order valence-corrected chi connectivity index (χ2v) is 9.31. The van der Waals surface area contributed by atoms with Crippen LogP contribution in [0.15, 0.2) is 24.3 Å². The number of para-hydroxylation sites is 1. The van der Waals surface area contributed by atoms with Gasteiger partial charge in [-0.05, 0) is 24.5 Å². The van der Waals surface area contributed by atoms with Crippen molar-refractivity contribution in [3.05, 3.63) is 40.4 Å². The Bertz CT molecular complexity index is 888. The van der Waals surface area contributed by atoms with Gasteiger partial charge in [-0.15, -0.1) is 0 Å². The number of carbonyl (C=O) groups is 1. The van der Waals surface area contributed by atoms with Gasteiger partial charge in [0.25, 0.3) is 5.91 Å². The Morgan fingerprint density at radius 2 is 2.04 bits per heavy atom. The van der Waals surface area contributed by atoms with Gasteiger partial charge in [-0.3, -0.25) is 4.79 Å². The van der Waals surface area contributed by atoms with Gasteiger partial charge in [0.15, 0.2) is 11.2 Å². The normalized spacial score (nSPS) is 28.1. The topological polar surface area (TPSA) is 57.7 Å². The summed E-state index contributed by atoms with van der Waals surface area (Å²) < 4.78 is 5.93. The first-order valence-electron chi connectivity index (χ1n) is 10.3. The van der Waals surface area contributed by atoms with Crippen LogP contribution in [0.3, 0.4) is 0 Å². The van der Waals surface area contributed by atoms with Gasteiger partial charge in [0.2, 0.25) is 0 Å². The predicted molar refractivity (Wildman–Crippen MR) is 108 cm³/mol. The summed E-state index contributed by atoms with van der Waals surface area (Å²) in [6, 6.07) is 9.12. The van der Waals surface area contributed by atoms with Gasteiger partial charge in [0.1, 0.15) is 5.75 Å². The van der Waals surface area contributed by atoms with E-state index in [1.165, 1.54) is 23.4 Å². The van der Waals surface area contributed by atoms with Gasteiger partial charge in [0, 0.05) is 49.4 Å². The van der Waals surface area contributed by atoms with Crippen molar-refractivity contribution in [3.8, 4) is 5.75 Å². The highest BCUT2D eigenvalue weighted by Crippen LogP contribution is 2.38. The molecule has 1 aromatic carbocycles. The van der Waals surface area contributed by atoms with Gasteiger partial charge in [-0.25, -0.2) is 4.98 Å². The average molecular weight is 397 g/mol. The fourth-order valence-electron chi connectivity index (χ4n) is 5.09. The molecule has 0 spiro atoms. The zero-order chi connectivity index (χ0) is 18.7. The molecule has 4 aliphatic rings. The average Bonchev–Trinajstić information content (AvgIpc) is 3.39. The molecule has 6 rings (SSSR count). The molecule has 6 nitrogen and oxygen atoms in total. The van der Waals surface area contributed by atoms with E-state index in [0.29, 0.717) is 25.0 Å². The lowest BCUT2D eigenvalue weighted by atomic mass is 10.1. The Hall–Kier alpha value is -2.12. The first-order valence-corrected chi connectivity index (χ1v) is 11.1. The number of hydrogen-bond donors (Lipinski definition) is 1. The number of benzene rings is 1. The predicted octanol–water partition coefficient (Wildman–Crippen LogP) is 1.97. The number of fused-ring (bicyclic) bond motifs is 4. The standard InChI is InChI=1S/C21H24N4O2S/c26-20(18-9-13-3-1-2-4-17(13)27-18)24-8-7-16-19(12-24)28-21(23-16)25-14-5-6-15(25)11-22-10-14/h1-4,14-15,18,22H,5-12H2. The van der Waals surface area contributed by atoms with E-state index in [2.05, 4.69) is 10.2 Å². The number of anilines is 1. The third-order valence-electron chi connectivity index (χ3n) is 6.55. The van der Waals surface area contributed by atoms with E-state index in [1.54, 1.807) is 11.3 Å². The number of amides is 1. The summed E-state index contributed by atoms with van der Waals surface area (Å²) in [4.78, 5) is 23.8. The number of ether oxygens (including phenoxy) is 1. The highest BCUT2D eigenvalue weighted by molar-refractivity contribution is 7.15. The highest BCUT2D eigenvalue weighted by atomic mass is 32.1. The van der Waals surface area contributed by atoms with Crippen LogP contribution in [0.2, 0.25) is 0 Å². The van der Waals surface area contributed by atoms with E-state index in [-0.39, 0.29) is 12.0 Å². The molecular weight excluding hydrogens is 372 g/mol. The van der Waals surface area contributed by atoms with Crippen LogP contribution >= 0.6 is 11.3 Å². The molecular formula is C21H24N4O2S. The quantitative estimate of drug-likeness (QED) is 0.841. The van der Waals surface area contributed by atoms with Crippen molar-refractivity contribution < 1.29 is 9.53 Å². The maximum absolute atomic E-state index is 13.1. The number of aromatic nitrogens is 1. The molecule has 0 radical (unpaired) electrons. The van der Waals surface area contributed by atoms with Gasteiger partial charge in [-0.2, -0.15) is 0 Å². The third-order valence-corrected chi connectivity index (χ3v) is 7.65. The molecule has 0 aliphatic carbocycles. The fraction of sp³-hybridized carbons (Fsp3) is 0.524. The zero-order valence-corrected chi connectivity index (χ0v) is 16.6. The Labute approximate surface area is 168 Å². The summed E-state index contributed by atoms with van der Waals surface area (Å²) in [6.07, 6.45) is 3.66. The lowest BCUT2D eigenvalue weighted by molar-refractivity contribution is -0.138. The Balaban J connectivity index is 1.19. The number of piperazine rings is 1. The van der Waals surface area contributed by atoms with Gasteiger partial charge >= 0.3 is 0 Å². The van der Waals surface area contributed by atoms with E-state index in [1.807, 2.05) is 29.2 Å². The van der Waals surface area contributed by atoms with Crippen molar-refractivity contribution in [2.75, 3.05) is 24.5 Å². The molecule has 1 amide bonds. The van der Waals surface area contributed by atoms with E-state index < -0.39 is 0 Å². The van der Waals surface area contributed by atoms with Crippen molar-refractivity contribution in [2.24, 2.45) is 0 Å². The van der Waals surface area contributed by atoms with Crippen molar-refractivity contribution in [1.29, 1.82) is 0 Å². The molecule has 2 aromatic rings. The summed E-state index contributed by atoms with van der Waals surface area (Å²) in [5.41, 5.74) is 2.32. The molecule has 0 saturated carbocycles. The lowest BCUT2D eigenvalue weighted by Gasteiger charge is -2.35. The SMILES string of the molecule is O=C(C1Cc2ccccc2O1)N1CCc2nc(N3C4CCC3CNC4)sc2C1. The van der Waals surface area contributed by atoms with Crippen LogP contribution < -0.4 is 15.0 Å². The second-order valence-electron chi connectivity index (χ2n) is 8.24. The van der Waals surface area contributed by atoms with Crippen LogP contribution in [-0.2, 0) is 24.2 Å². The van der Waals surface area contributed by atoms with Crippen molar-refractivity contribution in [2.45, 2.75) is 50.4 Å². The van der Waals surface area contributed by atoms with Crippen LogP contribution in [0.1, 0.15) is 29.0 Å². The Kier molecular flexibility index (Phi) is 3.87. The molecule has 2 fully saturated rings. The molecule has 4 aliphatic heterocycles. The monoisotopic (exact) mass is 396 g/mol. The molecule has 3 unspecified atom stereocenters. The molecule has 1 aromatic heterocycles. The van der Waals surface area contributed by atoms with Crippen LogP contribution in [-0.4, -0.2) is 53.6 Å². The Morgan fingerprint density at radius 1 is 1.21 bits per heavy atom. The highest BCUT2D eigenvalue weighted by Gasteiger charge is 2.39. The molecule has 28 heavy (non-hydrogen) atoms. The van der Waals surface area contributed by atoms with Crippen LogP contribution in [0.4, 0.5) is 5.13 Å². The summed E-state index contributed by atoms with van der Waals surface area (Å²) in [5, 5.41) is 4.70. The molecule has 146 valence electrons. The van der Waals surface area contributed by atoms with Gasteiger partial charge in [-0.1, -0.05) is 29.5 Å². The molecule has 2 saturated heterocycles. The molecule has 2 bridgehead atoms. The maximum atomic E-state index is 13.1. The van der Waals surface area contributed by atoms with Gasteiger partial charge in [0.05, 0.1) is 12.2 Å². The van der Waals surface area contributed by atoms with Gasteiger partial charge < -0.3 is 19.9 Å². The van der Waals surface area contributed by atoms with E-state index in [4.69, 9.17) is 9.72 Å². The zero-order valence-electron chi connectivity index (χ0n) is 15.8. The minimum Gasteiger partial charge on any atom is -0.480 e. The van der Waals surface area contributed by atoms with Crippen LogP contribution in [0, 0.1) is 0 Å². The minimum atomic E-state index is -0.379. The summed E-state index contributed by atoms with van der Waals surface area (Å²) in [7, 11) is 0. The second kappa shape index (κ2) is 6.46. The number of nitrogens with one attached hydrogen (secondary N) is 1. The molecule has 3 atom stereocenters. The van der Waals surface area contributed by atoms with Crippen LogP contribution in [0.25, 0.3) is 0 Å². The smallest absolute Gasteiger partial charge is 0.264 e. The van der Waals surface area contributed by atoms with Crippen LogP contribution in [0.5, 0.6) is 5.75 Å².